The van der Waals surface area contributed by atoms with Gasteiger partial charge in [-0.3, -0.25) is 0 Å². The number of nitrogens with zero attached hydrogens (tertiary/aromatic N) is 1. The molecule has 2 aliphatic rings. The Kier molecular flexibility index (Phi) is 1.80. The van der Waals surface area contributed by atoms with E-state index in [9.17, 15) is 0 Å². The van der Waals surface area contributed by atoms with Crippen molar-refractivity contribution in [2.75, 3.05) is 11.9 Å². The molecule has 4 heteroatoms. The molecule has 2 aliphatic heterocycles. The summed E-state index contributed by atoms with van der Waals surface area (Å²) in [5, 5.41) is 9.89. The van der Waals surface area contributed by atoms with Crippen LogP contribution in [0.25, 0.3) is 0 Å². The van der Waals surface area contributed by atoms with Crippen molar-refractivity contribution in [1.29, 1.82) is 0 Å². The van der Waals surface area contributed by atoms with Gasteiger partial charge in [-0.25, -0.2) is 4.98 Å². The van der Waals surface area contributed by atoms with Gasteiger partial charge in [0, 0.05) is 30.2 Å². The second-order valence-electron chi connectivity index (χ2n) is 4.02. The molecule has 0 saturated carbocycles. The van der Waals surface area contributed by atoms with Crippen LogP contribution in [0.2, 0.25) is 0 Å². The highest BCUT2D eigenvalue weighted by Gasteiger charge is 2.18. The van der Waals surface area contributed by atoms with Gasteiger partial charge >= 0.3 is 0 Å². The van der Waals surface area contributed by atoms with Gasteiger partial charge in [-0.05, 0) is 25.0 Å². The molecule has 3 N–H and O–H groups in total. The van der Waals surface area contributed by atoms with Crippen molar-refractivity contribution in [3.8, 4) is 0 Å². The van der Waals surface area contributed by atoms with Gasteiger partial charge in [0.25, 0.3) is 0 Å². The molecule has 1 aromatic heterocycles. The zero-order chi connectivity index (χ0) is 10.3. The molecule has 0 amide bonds. The summed E-state index contributed by atoms with van der Waals surface area (Å²) in [6, 6.07) is 2.22. The fourth-order valence-electron chi connectivity index (χ4n) is 2.05. The van der Waals surface area contributed by atoms with E-state index >= 15 is 0 Å². The molecule has 3 heterocycles. The van der Waals surface area contributed by atoms with Gasteiger partial charge in [-0.1, -0.05) is 0 Å². The van der Waals surface area contributed by atoms with Crippen LogP contribution in [-0.2, 0) is 6.42 Å². The minimum Gasteiger partial charge on any atom is -0.370 e. The first kappa shape index (κ1) is 8.59. The molecule has 1 atom stereocenters. The SMILES string of the molecule is CC1=CNC(c2cnc3c(c2)CCN3)N1. The largest absolute Gasteiger partial charge is 0.370 e. The molecule has 0 saturated heterocycles. The number of pyridine rings is 1. The van der Waals surface area contributed by atoms with Crippen LogP contribution in [0.4, 0.5) is 5.82 Å². The highest BCUT2D eigenvalue weighted by atomic mass is 15.2. The van der Waals surface area contributed by atoms with Crippen LogP contribution < -0.4 is 16.0 Å². The standard InChI is InChI=1S/C11H14N4/c1-7-5-13-11(15-7)9-4-8-2-3-12-10(8)14-6-9/h4-6,11,13,15H,2-3H2,1H3,(H,12,14). The Balaban J connectivity index is 1.88. The van der Waals surface area contributed by atoms with Crippen LogP contribution in [0, 0.1) is 0 Å². The molecule has 15 heavy (non-hydrogen) atoms. The number of aromatic nitrogens is 1. The van der Waals surface area contributed by atoms with E-state index in [1.807, 2.05) is 12.4 Å². The lowest BCUT2D eigenvalue weighted by Gasteiger charge is -2.14. The summed E-state index contributed by atoms with van der Waals surface area (Å²) in [5.74, 6) is 1.04. The Bertz CT molecular complexity index is 425. The Hall–Kier alpha value is -1.71. The van der Waals surface area contributed by atoms with E-state index in [0.717, 1.165) is 18.8 Å². The molecular formula is C11H14N4. The lowest BCUT2D eigenvalue weighted by molar-refractivity contribution is 0.593. The molecule has 0 spiro atoms. The van der Waals surface area contributed by atoms with E-state index in [2.05, 4.69) is 33.9 Å². The van der Waals surface area contributed by atoms with Crippen LogP contribution in [0.15, 0.2) is 24.2 Å². The Morgan fingerprint density at radius 1 is 1.47 bits per heavy atom. The number of hydrogen-bond acceptors (Lipinski definition) is 4. The summed E-state index contributed by atoms with van der Waals surface area (Å²) >= 11 is 0. The molecule has 78 valence electrons. The fourth-order valence-corrected chi connectivity index (χ4v) is 2.05. The molecule has 0 aliphatic carbocycles. The summed E-state index contributed by atoms with van der Waals surface area (Å²) in [4.78, 5) is 4.41. The summed E-state index contributed by atoms with van der Waals surface area (Å²) in [7, 11) is 0. The summed E-state index contributed by atoms with van der Waals surface area (Å²) < 4.78 is 0. The van der Waals surface area contributed by atoms with Crippen molar-refractivity contribution in [1.82, 2.24) is 15.6 Å². The zero-order valence-corrected chi connectivity index (χ0v) is 8.67. The maximum absolute atomic E-state index is 4.41. The highest BCUT2D eigenvalue weighted by Crippen LogP contribution is 2.23. The van der Waals surface area contributed by atoms with Gasteiger partial charge in [0.05, 0.1) is 0 Å². The van der Waals surface area contributed by atoms with Crippen LogP contribution in [0.1, 0.15) is 24.2 Å². The zero-order valence-electron chi connectivity index (χ0n) is 8.67. The Morgan fingerprint density at radius 3 is 3.20 bits per heavy atom. The van der Waals surface area contributed by atoms with Crippen LogP contribution in [-0.4, -0.2) is 11.5 Å². The predicted octanol–water partition coefficient (Wildman–Crippen LogP) is 1.10. The van der Waals surface area contributed by atoms with E-state index in [1.165, 1.54) is 16.8 Å². The van der Waals surface area contributed by atoms with Crippen molar-refractivity contribution in [2.24, 2.45) is 0 Å². The number of anilines is 1. The number of fused-ring (bicyclic) bond motifs is 1. The third-order valence-electron chi connectivity index (χ3n) is 2.85. The van der Waals surface area contributed by atoms with Gasteiger partial charge in [-0.15, -0.1) is 0 Å². The highest BCUT2D eigenvalue weighted by molar-refractivity contribution is 5.50. The first-order chi connectivity index (χ1) is 7.33. The average molecular weight is 202 g/mol. The third kappa shape index (κ3) is 1.42. The van der Waals surface area contributed by atoms with Gasteiger partial charge in [0.15, 0.2) is 0 Å². The van der Waals surface area contributed by atoms with Gasteiger partial charge < -0.3 is 16.0 Å². The maximum atomic E-state index is 4.41. The number of nitrogens with one attached hydrogen (secondary N) is 3. The quantitative estimate of drug-likeness (QED) is 0.638. The molecular weight excluding hydrogens is 188 g/mol. The van der Waals surface area contributed by atoms with E-state index in [0.29, 0.717) is 0 Å². The number of allylic oxidation sites excluding steroid dienone is 1. The second kappa shape index (κ2) is 3.15. The molecule has 0 fully saturated rings. The van der Waals surface area contributed by atoms with E-state index < -0.39 is 0 Å². The van der Waals surface area contributed by atoms with Gasteiger partial charge in [-0.2, -0.15) is 0 Å². The molecule has 1 aromatic rings. The predicted molar refractivity (Wildman–Crippen MR) is 59.2 cm³/mol. The van der Waals surface area contributed by atoms with E-state index in [4.69, 9.17) is 0 Å². The van der Waals surface area contributed by atoms with Gasteiger partial charge in [0.1, 0.15) is 12.0 Å². The molecule has 3 rings (SSSR count). The van der Waals surface area contributed by atoms with Crippen molar-refractivity contribution < 1.29 is 0 Å². The lowest BCUT2D eigenvalue weighted by Crippen LogP contribution is -2.22. The van der Waals surface area contributed by atoms with E-state index in [-0.39, 0.29) is 6.17 Å². The summed E-state index contributed by atoms with van der Waals surface area (Å²) in [6.45, 7) is 3.06. The number of hydrogen-bond donors (Lipinski definition) is 3. The van der Waals surface area contributed by atoms with Crippen molar-refractivity contribution in [3.05, 3.63) is 35.3 Å². The van der Waals surface area contributed by atoms with Crippen molar-refractivity contribution in [3.63, 3.8) is 0 Å². The first-order valence-corrected chi connectivity index (χ1v) is 5.25. The Labute approximate surface area is 88.8 Å². The van der Waals surface area contributed by atoms with Crippen molar-refractivity contribution >= 4 is 5.82 Å². The van der Waals surface area contributed by atoms with E-state index in [1.54, 1.807) is 0 Å². The normalized spacial score (nSPS) is 22.5. The van der Waals surface area contributed by atoms with Crippen LogP contribution >= 0.6 is 0 Å². The molecule has 0 aromatic carbocycles. The summed E-state index contributed by atoms with van der Waals surface area (Å²) in [6.07, 6.45) is 5.18. The summed E-state index contributed by atoms with van der Waals surface area (Å²) in [5.41, 5.74) is 3.69. The lowest BCUT2D eigenvalue weighted by atomic mass is 10.1. The topological polar surface area (TPSA) is 49.0 Å². The Morgan fingerprint density at radius 2 is 2.40 bits per heavy atom. The van der Waals surface area contributed by atoms with Crippen molar-refractivity contribution in [2.45, 2.75) is 19.5 Å². The minimum absolute atomic E-state index is 0.184. The molecule has 1 unspecified atom stereocenters. The van der Waals surface area contributed by atoms with Crippen LogP contribution in [0.3, 0.4) is 0 Å². The van der Waals surface area contributed by atoms with Crippen LogP contribution in [0.5, 0.6) is 0 Å². The average Bonchev–Trinajstić information content (AvgIpc) is 2.84. The minimum atomic E-state index is 0.184. The fraction of sp³-hybridized carbons (Fsp3) is 0.364. The van der Waals surface area contributed by atoms with Gasteiger partial charge in [0.2, 0.25) is 0 Å². The molecule has 0 bridgehead atoms. The second-order valence-corrected chi connectivity index (χ2v) is 4.02. The first-order valence-electron chi connectivity index (χ1n) is 5.25. The maximum Gasteiger partial charge on any atom is 0.129 e. The third-order valence-corrected chi connectivity index (χ3v) is 2.85. The smallest absolute Gasteiger partial charge is 0.129 e. The monoisotopic (exact) mass is 202 g/mol. The molecule has 0 radical (unpaired) electrons. The number of rotatable bonds is 1. The molecule has 4 nitrogen and oxygen atoms in total.